The van der Waals surface area contributed by atoms with E-state index >= 15 is 0 Å². The van der Waals surface area contributed by atoms with E-state index in [1.54, 1.807) is 17.4 Å². The molecule has 0 aliphatic rings. The van der Waals surface area contributed by atoms with Gasteiger partial charge in [0, 0.05) is 16.0 Å². The van der Waals surface area contributed by atoms with Crippen LogP contribution < -0.4 is 10.4 Å². The fourth-order valence-electron chi connectivity index (χ4n) is 1.99. The SMILES string of the molecule is CC[C@@H](C)[C@@H]([NH2+]CCC(=O)c1ccc(Br)cc1)C(=O)[O-]. The number of hydrogen-bond acceptors (Lipinski definition) is 3. The van der Waals surface area contributed by atoms with E-state index in [0.29, 0.717) is 18.5 Å². The lowest BCUT2D eigenvalue weighted by Crippen LogP contribution is -2.94. The average Bonchev–Trinajstić information content (AvgIpc) is 2.43. The van der Waals surface area contributed by atoms with Gasteiger partial charge in [-0.2, -0.15) is 0 Å². The van der Waals surface area contributed by atoms with Crippen LogP contribution in [0.5, 0.6) is 0 Å². The van der Waals surface area contributed by atoms with Crippen molar-refractivity contribution in [1.82, 2.24) is 0 Å². The van der Waals surface area contributed by atoms with Gasteiger partial charge in [0.15, 0.2) is 5.78 Å². The molecule has 0 heterocycles. The van der Waals surface area contributed by atoms with Crippen LogP contribution in [0.2, 0.25) is 0 Å². The maximum atomic E-state index is 11.9. The Bertz CT molecular complexity index is 459. The van der Waals surface area contributed by atoms with Crippen LogP contribution in [-0.4, -0.2) is 24.3 Å². The molecule has 1 aromatic rings. The van der Waals surface area contributed by atoms with Gasteiger partial charge in [-0.1, -0.05) is 41.9 Å². The molecule has 0 unspecified atom stereocenters. The number of carboxylic acid groups (broad SMARTS) is 1. The molecule has 0 spiro atoms. The van der Waals surface area contributed by atoms with E-state index in [1.165, 1.54) is 0 Å². The van der Waals surface area contributed by atoms with E-state index in [0.717, 1.165) is 10.9 Å². The summed E-state index contributed by atoms with van der Waals surface area (Å²) in [6.45, 7) is 4.28. The highest BCUT2D eigenvalue weighted by Gasteiger charge is 2.20. The quantitative estimate of drug-likeness (QED) is 0.709. The van der Waals surface area contributed by atoms with Crippen LogP contribution in [0, 0.1) is 5.92 Å². The molecule has 0 saturated heterocycles. The first kappa shape index (κ1) is 16.9. The Balaban J connectivity index is 2.48. The second-order valence-corrected chi connectivity index (χ2v) is 5.85. The van der Waals surface area contributed by atoms with E-state index in [1.807, 2.05) is 26.0 Å². The molecule has 0 radical (unpaired) electrons. The maximum absolute atomic E-state index is 11.9. The van der Waals surface area contributed by atoms with Gasteiger partial charge in [-0.25, -0.2) is 0 Å². The molecule has 1 aromatic carbocycles. The molecular weight excluding hydrogens is 322 g/mol. The normalized spacial score (nSPS) is 13.8. The number of carbonyl (C=O) groups excluding carboxylic acids is 2. The first-order valence-corrected chi connectivity index (χ1v) is 7.58. The topological polar surface area (TPSA) is 73.8 Å². The van der Waals surface area contributed by atoms with Crippen molar-refractivity contribution < 1.29 is 20.0 Å². The average molecular weight is 342 g/mol. The zero-order chi connectivity index (χ0) is 15.1. The Morgan fingerprint density at radius 1 is 1.30 bits per heavy atom. The fourth-order valence-corrected chi connectivity index (χ4v) is 2.25. The van der Waals surface area contributed by atoms with Crippen LogP contribution in [0.4, 0.5) is 0 Å². The summed E-state index contributed by atoms with van der Waals surface area (Å²) in [6.07, 6.45) is 1.09. The molecule has 1 rings (SSSR count). The highest BCUT2D eigenvalue weighted by molar-refractivity contribution is 9.10. The lowest BCUT2D eigenvalue weighted by molar-refractivity contribution is -0.688. The first-order chi connectivity index (χ1) is 9.45. The van der Waals surface area contributed by atoms with Crippen molar-refractivity contribution in [3.05, 3.63) is 34.3 Å². The third-order valence-corrected chi connectivity index (χ3v) is 4.02. The number of benzene rings is 1. The van der Waals surface area contributed by atoms with Crippen molar-refractivity contribution in [1.29, 1.82) is 0 Å². The highest BCUT2D eigenvalue weighted by Crippen LogP contribution is 2.11. The Labute approximate surface area is 127 Å². The lowest BCUT2D eigenvalue weighted by atomic mass is 9.99. The smallest absolute Gasteiger partial charge is 0.168 e. The number of ketones is 1. The first-order valence-electron chi connectivity index (χ1n) is 6.78. The van der Waals surface area contributed by atoms with Gasteiger partial charge in [0.25, 0.3) is 0 Å². The Morgan fingerprint density at radius 3 is 2.40 bits per heavy atom. The van der Waals surface area contributed by atoms with E-state index in [-0.39, 0.29) is 11.7 Å². The molecule has 110 valence electrons. The summed E-state index contributed by atoms with van der Waals surface area (Å²) < 4.78 is 0.925. The second kappa shape index (κ2) is 8.17. The van der Waals surface area contributed by atoms with Gasteiger partial charge >= 0.3 is 0 Å². The largest absolute Gasteiger partial charge is 0.544 e. The molecule has 0 aliphatic heterocycles. The number of carbonyl (C=O) groups is 2. The molecular formula is C15H20BrNO3. The minimum absolute atomic E-state index is 0.0231. The summed E-state index contributed by atoms with van der Waals surface area (Å²) >= 11 is 3.32. The number of halogens is 1. The molecule has 0 bridgehead atoms. The van der Waals surface area contributed by atoms with Gasteiger partial charge in [-0.3, -0.25) is 4.79 Å². The van der Waals surface area contributed by atoms with E-state index in [4.69, 9.17) is 0 Å². The third kappa shape index (κ3) is 5.06. The predicted molar refractivity (Wildman–Crippen MR) is 78.1 cm³/mol. The highest BCUT2D eigenvalue weighted by atomic mass is 79.9. The molecule has 0 aliphatic carbocycles. The molecule has 5 heteroatoms. The van der Waals surface area contributed by atoms with Crippen molar-refractivity contribution in [2.45, 2.75) is 32.7 Å². The molecule has 0 amide bonds. The fraction of sp³-hybridized carbons (Fsp3) is 0.467. The van der Waals surface area contributed by atoms with Gasteiger partial charge in [0.2, 0.25) is 0 Å². The number of carboxylic acids is 1. The number of nitrogens with two attached hydrogens (primary N) is 1. The van der Waals surface area contributed by atoms with Crippen LogP contribution >= 0.6 is 15.9 Å². The van der Waals surface area contributed by atoms with E-state index < -0.39 is 12.0 Å². The number of aliphatic carboxylic acids is 1. The summed E-state index contributed by atoms with van der Waals surface area (Å²) in [4.78, 5) is 23.0. The molecule has 20 heavy (non-hydrogen) atoms. The van der Waals surface area contributed by atoms with Crippen molar-refractivity contribution in [2.24, 2.45) is 5.92 Å². The zero-order valence-electron chi connectivity index (χ0n) is 11.8. The van der Waals surface area contributed by atoms with E-state index in [2.05, 4.69) is 15.9 Å². The summed E-state index contributed by atoms with van der Waals surface area (Å²) in [5, 5.41) is 12.7. The van der Waals surface area contributed by atoms with Crippen LogP contribution in [0.15, 0.2) is 28.7 Å². The number of rotatable bonds is 8. The van der Waals surface area contributed by atoms with Gasteiger partial charge in [-0.15, -0.1) is 0 Å². The van der Waals surface area contributed by atoms with Crippen molar-refractivity contribution in [2.75, 3.05) is 6.54 Å². The minimum Gasteiger partial charge on any atom is -0.544 e. The van der Waals surface area contributed by atoms with E-state index in [9.17, 15) is 14.7 Å². The lowest BCUT2D eigenvalue weighted by Gasteiger charge is -2.21. The molecule has 0 saturated carbocycles. The number of hydrogen-bond donors (Lipinski definition) is 1. The summed E-state index contributed by atoms with van der Waals surface area (Å²) in [5.41, 5.74) is 0.648. The standard InChI is InChI=1S/C15H20BrNO3/c1-3-10(2)14(15(19)20)17-9-8-13(18)11-4-6-12(16)7-5-11/h4-7,10,14,17H,3,8-9H2,1-2H3,(H,19,20)/t10-,14-/m1/s1. The monoisotopic (exact) mass is 341 g/mol. The maximum Gasteiger partial charge on any atom is 0.168 e. The van der Waals surface area contributed by atoms with Crippen LogP contribution in [-0.2, 0) is 4.79 Å². The molecule has 0 fully saturated rings. The molecule has 0 aromatic heterocycles. The van der Waals surface area contributed by atoms with Gasteiger partial charge in [-0.05, 0) is 18.6 Å². The predicted octanol–water partition coefficient (Wildman–Crippen LogP) is 0.750. The summed E-state index contributed by atoms with van der Waals surface area (Å²) in [7, 11) is 0. The summed E-state index contributed by atoms with van der Waals surface area (Å²) in [6, 6.07) is 6.58. The third-order valence-electron chi connectivity index (χ3n) is 3.49. The van der Waals surface area contributed by atoms with Gasteiger partial charge in [0.05, 0.1) is 18.9 Å². The number of quaternary nitrogens is 1. The Hall–Kier alpha value is -1.20. The number of Topliss-reactive ketones (excluding diaryl/α,β-unsaturated/α-hetero) is 1. The van der Waals surface area contributed by atoms with Crippen molar-refractivity contribution in [3.8, 4) is 0 Å². The van der Waals surface area contributed by atoms with Gasteiger partial charge in [0.1, 0.15) is 6.04 Å². The van der Waals surface area contributed by atoms with Crippen molar-refractivity contribution >= 4 is 27.7 Å². The molecule has 4 nitrogen and oxygen atoms in total. The van der Waals surface area contributed by atoms with Crippen molar-refractivity contribution in [3.63, 3.8) is 0 Å². The van der Waals surface area contributed by atoms with Crippen LogP contribution in [0.25, 0.3) is 0 Å². The van der Waals surface area contributed by atoms with Gasteiger partial charge < -0.3 is 15.2 Å². The minimum atomic E-state index is -1.06. The molecule has 2 atom stereocenters. The Morgan fingerprint density at radius 2 is 1.90 bits per heavy atom. The summed E-state index contributed by atoms with van der Waals surface area (Å²) in [5.74, 6) is -1.01. The van der Waals surface area contributed by atoms with Crippen LogP contribution in [0.3, 0.4) is 0 Å². The molecule has 2 N–H and O–H groups in total. The second-order valence-electron chi connectivity index (χ2n) is 4.93. The van der Waals surface area contributed by atoms with Crippen LogP contribution in [0.1, 0.15) is 37.0 Å². The zero-order valence-corrected chi connectivity index (χ0v) is 13.4. The Kier molecular flexibility index (Phi) is 6.88.